The average molecular weight is 270 g/mol. The summed E-state index contributed by atoms with van der Waals surface area (Å²) in [6.45, 7) is 0. The molecule has 0 saturated heterocycles. The van der Waals surface area contributed by atoms with E-state index in [0.717, 1.165) is 19.3 Å². The number of nitrogens with one attached hydrogen (secondary N) is 1. The van der Waals surface area contributed by atoms with Crippen molar-refractivity contribution in [3.8, 4) is 5.75 Å². The first kappa shape index (κ1) is 13.3. The van der Waals surface area contributed by atoms with Gasteiger partial charge < -0.3 is 10.5 Å². The monoisotopic (exact) mass is 270 g/mol. The average Bonchev–Trinajstić information content (AvgIpc) is 2.74. The van der Waals surface area contributed by atoms with Crippen LogP contribution in [0.15, 0.2) is 29.2 Å². The highest BCUT2D eigenvalue weighted by Crippen LogP contribution is 2.21. The Hall–Kier alpha value is -1.11. The summed E-state index contributed by atoms with van der Waals surface area (Å²) in [6, 6.07) is 6.16. The predicted octanol–water partition coefficient (Wildman–Crippen LogP) is 0.853. The summed E-state index contributed by atoms with van der Waals surface area (Å²) in [4.78, 5) is 0.209. The number of benzene rings is 1. The summed E-state index contributed by atoms with van der Waals surface area (Å²) in [6.07, 6.45) is 2.63. The van der Waals surface area contributed by atoms with Crippen molar-refractivity contribution < 1.29 is 13.2 Å². The summed E-state index contributed by atoms with van der Waals surface area (Å²) in [5.41, 5.74) is 5.87. The molecule has 1 fully saturated rings. The lowest BCUT2D eigenvalue weighted by atomic mass is 10.2. The van der Waals surface area contributed by atoms with E-state index in [9.17, 15) is 8.42 Å². The highest BCUT2D eigenvalue weighted by Gasteiger charge is 2.28. The largest absolute Gasteiger partial charge is 0.497 e. The Balaban J connectivity index is 2.19. The van der Waals surface area contributed by atoms with Gasteiger partial charge in [0, 0.05) is 18.2 Å². The molecule has 0 spiro atoms. The van der Waals surface area contributed by atoms with Crippen LogP contribution < -0.4 is 15.2 Å². The maximum atomic E-state index is 12.2. The minimum atomic E-state index is -3.52. The molecule has 1 aromatic carbocycles. The van der Waals surface area contributed by atoms with Gasteiger partial charge in [0.05, 0.1) is 12.0 Å². The third-order valence-corrected chi connectivity index (χ3v) is 4.72. The summed E-state index contributed by atoms with van der Waals surface area (Å²) in [5, 5.41) is 0. The zero-order chi connectivity index (χ0) is 13.2. The highest BCUT2D eigenvalue weighted by atomic mass is 32.2. The first-order valence-corrected chi connectivity index (χ1v) is 7.43. The molecule has 1 aromatic rings. The Morgan fingerprint density at radius 3 is 2.78 bits per heavy atom. The maximum Gasteiger partial charge on any atom is 0.241 e. The van der Waals surface area contributed by atoms with Crippen LogP contribution in [0.2, 0.25) is 0 Å². The quantitative estimate of drug-likeness (QED) is 0.850. The number of ether oxygens (including phenoxy) is 1. The van der Waals surface area contributed by atoms with Gasteiger partial charge in [-0.15, -0.1) is 0 Å². The Morgan fingerprint density at radius 2 is 2.17 bits per heavy atom. The summed E-state index contributed by atoms with van der Waals surface area (Å²) in [5.74, 6) is 0.522. The molecule has 0 heterocycles. The van der Waals surface area contributed by atoms with Crippen molar-refractivity contribution >= 4 is 10.0 Å². The summed E-state index contributed by atoms with van der Waals surface area (Å²) in [7, 11) is -2.01. The number of rotatable bonds is 4. The molecule has 1 aliphatic carbocycles. The second-order valence-corrected chi connectivity index (χ2v) is 6.22. The first-order chi connectivity index (χ1) is 8.53. The van der Waals surface area contributed by atoms with Crippen LogP contribution in [-0.4, -0.2) is 27.6 Å². The van der Waals surface area contributed by atoms with E-state index in [2.05, 4.69) is 4.72 Å². The molecule has 2 unspecified atom stereocenters. The molecular formula is C12H18N2O3S. The molecule has 0 bridgehead atoms. The van der Waals surface area contributed by atoms with E-state index in [1.165, 1.54) is 13.2 Å². The van der Waals surface area contributed by atoms with E-state index in [-0.39, 0.29) is 17.0 Å². The second kappa shape index (κ2) is 5.26. The summed E-state index contributed by atoms with van der Waals surface area (Å²) >= 11 is 0. The molecule has 0 amide bonds. The number of methoxy groups -OCH3 is 1. The van der Waals surface area contributed by atoms with Gasteiger partial charge in [-0.1, -0.05) is 12.5 Å². The van der Waals surface area contributed by atoms with Crippen molar-refractivity contribution in [1.29, 1.82) is 0 Å². The molecule has 1 saturated carbocycles. The molecule has 100 valence electrons. The van der Waals surface area contributed by atoms with E-state index in [4.69, 9.17) is 10.5 Å². The van der Waals surface area contributed by atoms with Crippen molar-refractivity contribution in [3.63, 3.8) is 0 Å². The third kappa shape index (κ3) is 2.82. The van der Waals surface area contributed by atoms with Gasteiger partial charge in [0.15, 0.2) is 0 Å². The van der Waals surface area contributed by atoms with Crippen LogP contribution in [0, 0.1) is 0 Å². The van der Waals surface area contributed by atoms with E-state index >= 15 is 0 Å². The van der Waals surface area contributed by atoms with Gasteiger partial charge in [0.25, 0.3) is 0 Å². The van der Waals surface area contributed by atoms with E-state index in [1.807, 2.05) is 0 Å². The van der Waals surface area contributed by atoms with Gasteiger partial charge in [0.1, 0.15) is 5.75 Å². The fourth-order valence-corrected chi connectivity index (χ4v) is 3.53. The van der Waals surface area contributed by atoms with E-state index in [0.29, 0.717) is 5.75 Å². The van der Waals surface area contributed by atoms with Gasteiger partial charge in [-0.05, 0) is 25.0 Å². The molecule has 18 heavy (non-hydrogen) atoms. The molecule has 1 aliphatic rings. The number of nitrogens with two attached hydrogens (primary N) is 1. The molecule has 0 aromatic heterocycles. The Bertz CT molecular complexity index is 516. The molecule has 6 heteroatoms. The van der Waals surface area contributed by atoms with Crippen LogP contribution in [0.4, 0.5) is 0 Å². The van der Waals surface area contributed by atoms with Gasteiger partial charge in [-0.3, -0.25) is 0 Å². The van der Waals surface area contributed by atoms with Gasteiger partial charge in [0.2, 0.25) is 10.0 Å². The van der Waals surface area contributed by atoms with Crippen LogP contribution in [0.1, 0.15) is 19.3 Å². The minimum Gasteiger partial charge on any atom is -0.497 e. The SMILES string of the molecule is COc1cccc(S(=O)(=O)NC2CCCC2N)c1. The van der Waals surface area contributed by atoms with Crippen molar-refractivity contribution in [2.24, 2.45) is 5.73 Å². The maximum absolute atomic E-state index is 12.2. The van der Waals surface area contributed by atoms with Crippen LogP contribution in [0.25, 0.3) is 0 Å². The molecule has 0 radical (unpaired) electrons. The zero-order valence-corrected chi connectivity index (χ0v) is 11.1. The molecule has 2 atom stereocenters. The lowest BCUT2D eigenvalue weighted by molar-refractivity contribution is 0.413. The molecule has 0 aliphatic heterocycles. The Labute approximate surface area is 107 Å². The summed E-state index contributed by atoms with van der Waals surface area (Å²) < 4.78 is 32.0. The highest BCUT2D eigenvalue weighted by molar-refractivity contribution is 7.89. The number of sulfonamides is 1. The van der Waals surface area contributed by atoms with Crippen LogP contribution in [0.3, 0.4) is 0 Å². The number of hydrogen-bond acceptors (Lipinski definition) is 4. The van der Waals surface area contributed by atoms with Crippen molar-refractivity contribution in [3.05, 3.63) is 24.3 Å². The third-order valence-electron chi connectivity index (χ3n) is 3.23. The fourth-order valence-electron chi connectivity index (χ4n) is 2.17. The zero-order valence-electron chi connectivity index (χ0n) is 10.3. The number of hydrogen-bond donors (Lipinski definition) is 2. The lowest BCUT2D eigenvalue weighted by Crippen LogP contribution is -2.43. The van der Waals surface area contributed by atoms with Crippen LogP contribution in [-0.2, 0) is 10.0 Å². The van der Waals surface area contributed by atoms with Gasteiger partial charge in [-0.25, -0.2) is 13.1 Å². The Morgan fingerprint density at radius 1 is 1.39 bits per heavy atom. The fraction of sp³-hybridized carbons (Fsp3) is 0.500. The van der Waals surface area contributed by atoms with E-state index in [1.54, 1.807) is 18.2 Å². The predicted molar refractivity (Wildman–Crippen MR) is 68.9 cm³/mol. The van der Waals surface area contributed by atoms with Crippen molar-refractivity contribution in [2.75, 3.05) is 7.11 Å². The normalized spacial score (nSPS) is 24.1. The molecular weight excluding hydrogens is 252 g/mol. The second-order valence-electron chi connectivity index (χ2n) is 4.50. The lowest BCUT2D eigenvalue weighted by Gasteiger charge is -2.17. The molecule has 3 N–H and O–H groups in total. The Kier molecular flexibility index (Phi) is 3.89. The van der Waals surface area contributed by atoms with Gasteiger partial charge >= 0.3 is 0 Å². The standard InChI is InChI=1S/C12H18N2O3S/c1-17-9-4-2-5-10(8-9)18(15,16)14-12-7-3-6-11(12)13/h2,4-5,8,11-12,14H,3,6-7,13H2,1H3. The van der Waals surface area contributed by atoms with Crippen molar-refractivity contribution in [2.45, 2.75) is 36.2 Å². The van der Waals surface area contributed by atoms with E-state index < -0.39 is 10.0 Å². The molecule has 5 nitrogen and oxygen atoms in total. The minimum absolute atomic E-state index is 0.0922. The first-order valence-electron chi connectivity index (χ1n) is 5.95. The topological polar surface area (TPSA) is 81.4 Å². The molecule has 2 rings (SSSR count). The smallest absolute Gasteiger partial charge is 0.241 e. The van der Waals surface area contributed by atoms with Crippen molar-refractivity contribution in [1.82, 2.24) is 4.72 Å². The van der Waals surface area contributed by atoms with Gasteiger partial charge in [-0.2, -0.15) is 0 Å². The van der Waals surface area contributed by atoms with Crippen LogP contribution >= 0.6 is 0 Å². The van der Waals surface area contributed by atoms with Crippen LogP contribution in [0.5, 0.6) is 5.75 Å².